The van der Waals surface area contributed by atoms with Gasteiger partial charge in [0.2, 0.25) is 0 Å². The van der Waals surface area contributed by atoms with Crippen molar-refractivity contribution >= 4 is 23.2 Å². The second-order valence-corrected chi connectivity index (χ2v) is 5.03. The summed E-state index contributed by atoms with van der Waals surface area (Å²) in [5.74, 6) is -1.39. The van der Waals surface area contributed by atoms with Crippen molar-refractivity contribution in [2.24, 2.45) is 0 Å². The number of hydrogen-bond donors (Lipinski definition) is 3. The zero-order valence-electron chi connectivity index (χ0n) is 10.4. The molecular weight excluding hydrogens is 278 g/mol. The predicted octanol–water partition coefficient (Wildman–Crippen LogP) is 1.88. The molecule has 0 bridgehead atoms. The molecule has 1 heterocycles. The van der Waals surface area contributed by atoms with Crippen LogP contribution in [0, 0.1) is 0 Å². The molecule has 0 spiro atoms. The summed E-state index contributed by atoms with van der Waals surface area (Å²) in [5, 5.41) is 24.3. The number of carbonyl (C=O) groups excluding carboxylic acids is 1. The van der Waals surface area contributed by atoms with Crippen LogP contribution in [0.15, 0.2) is 41.1 Å². The Balaban J connectivity index is 2.06. The summed E-state index contributed by atoms with van der Waals surface area (Å²) in [7, 11) is 0. The normalized spacial score (nSPS) is 11.8. The van der Waals surface area contributed by atoms with Crippen LogP contribution in [0.4, 0.5) is 0 Å². The van der Waals surface area contributed by atoms with Gasteiger partial charge < -0.3 is 15.5 Å². The topological polar surface area (TPSA) is 86.6 Å². The summed E-state index contributed by atoms with van der Waals surface area (Å²) in [6, 6.07) is 6.85. The van der Waals surface area contributed by atoms with E-state index in [1.54, 1.807) is 29.0 Å². The summed E-state index contributed by atoms with van der Waals surface area (Å²) in [5.41, 5.74) is 1.17. The van der Waals surface area contributed by atoms with E-state index in [9.17, 15) is 19.8 Å². The molecule has 0 aliphatic rings. The summed E-state index contributed by atoms with van der Waals surface area (Å²) in [6.45, 7) is 0. The minimum absolute atomic E-state index is 0.114. The molecule has 0 saturated heterocycles. The number of aromatic hydroxyl groups is 1. The molecule has 1 amide bonds. The standard InChI is InChI=1S/C14H13NO4S/c16-11-3-1-9(2-4-11)7-12(14(18)19)15-13(17)10-5-6-20-8-10/h1-6,8,12,16H,7H2,(H,15,17)(H,18,19). The van der Waals surface area contributed by atoms with Gasteiger partial charge in [-0.1, -0.05) is 12.1 Å². The number of amides is 1. The minimum atomic E-state index is -1.10. The Morgan fingerprint density at radius 2 is 1.90 bits per heavy atom. The van der Waals surface area contributed by atoms with Crippen molar-refractivity contribution in [2.45, 2.75) is 12.5 Å². The van der Waals surface area contributed by atoms with Crippen molar-refractivity contribution < 1.29 is 19.8 Å². The smallest absolute Gasteiger partial charge is 0.326 e. The molecule has 0 saturated carbocycles. The van der Waals surface area contributed by atoms with Crippen molar-refractivity contribution in [3.8, 4) is 5.75 Å². The van der Waals surface area contributed by atoms with Gasteiger partial charge in [-0.15, -0.1) is 0 Å². The Bertz CT molecular complexity index is 592. The number of carboxylic acid groups (broad SMARTS) is 1. The molecule has 20 heavy (non-hydrogen) atoms. The highest BCUT2D eigenvalue weighted by Gasteiger charge is 2.21. The maximum absolute atomic E-state index is 11.9. The summed E-state index contributed by atoms with van der Waals surface area (Å²) in [6.07, 6.45) is 0.158. The van der Waals surface area contributed by atoms with Gasteiger partial charge in [-0.3, -0.25) is 4.79 Å². The van der Waals surface area contributed by atoms with Crippen LogP contribution in [-0.2, 0) is 11.2 Å². The van der Waals surface area contributed by atoms with Crippen LogP contribution in [0.1, 0.15) is 15.9 Å². The molecule has 6 heteroatoms. The van der Waals surface area contributed by atoms with Crippen LogP contribution >= 0.6 is 11.3 Å². The molecule has 1 aromatic carbocycles. The van der Waals surface area contributed by atoms with Crippen LogP contribution in [0.25, 0.3) is 0 Å². The second-order valence-electron chi connectivity index (χ2n) is 4.25. The quantitative estimate of drug-likeness (QED) is 0.785. The Kier molecular flexibility index (Phi) is 4.37. The molecule has 1 atom stereocenters. The molecular formula is C14H13NO4S. The molecule has 2 rings (SSSR count). The Morgan fingerprint density at radius 3 is 2.45 bits per heavy atom. The van der Waals surface area contributed by atoms with E-state index in [-0.39, 0.29) is 12.2 Å². The van der Waals surface area contributed by atoms with Crippen molar-refractivity contribution in [1.29, 1.82) is 0 Å². The number of carbonyl (C=O) groups is 2. The van der Waals surface area contributed by atoms with Gasteiger partial charge in [-0.2, -0.15) is 11.3 Å². The summed E-state index contributed by atoms with van der Waals surface area (Å²) in [4.78, 5) is 23.1. The number of phenols is 1. The first-order chi connectivity index (χ1) is 9.56. The van der Waals surface area contributed by atoms with Gasteiger partial charge in [-0.25, -0.2) is 4.79 Å². The Morgan fingerprint density at radius 1 is 1.20 bits per heavy atom. The Labute approximate surface area is 119 Å². The average Bonchev–Trinajstić information content (AvgIpc) is 2.94. The van der Waals surface area contributed by atoms with E-state index in [0.717, 1.165) is 5.56 Å². The zero-order chi connectivity index (χ0) is 14.5. The summed E-state index contributed by atoms with van der Waals surface area (Å²) >= 11 is 1.37. The van der Waals surface area contributed by atoms with E-state index in [0.29, 0.717) is 5.56 Å². The first kappa shape index (κ1) is 14.1. The molecule has 104 valence electrons. The van der Waals surface area contributed by atoms with Crippen LogP contribution in [0.3, 0.4) is 0 Å². The molecule has 0 radical (unpaired) electrons. The van der Waals surface area contributed by atoms with E-state index in [4.69, 9.17) is 0 Å². The number of rotatable bonds is 5. The molecule has 0 fully saturated rings. The molecule has 1 aromatic heterocycles. The maximum Gasteiger partial charge on any atom is 0.326 e. The number of aliphatic carboxylic acids is 1. The van der Waals surface area contributed by atoms with Crippen LogP contribution in [-0.4, -0.2) is 28.1 Å². The first-order valence-electron chi connectivity index (χ1n) is 5.90. The predicted molar refractivity (Wildman–Crippen MR) is 75.0 cm³/mol. The van der Waals surface area contributed by atoms with E-state index in [2.05, 4.69) is 5.32 Å². The molecule has 1 unspecified atom stereocenters. The fourth-order valence-electron chi connectivity index (χ4n) is 1.70. The third-order valence-corrected chi connectivity index (χ3v) is 3.45. The van der Waals surface area contributed by atoms with Crippen molar-refractivity contribution in [2.75, 3.05) is 0 Å². The third-order valence-electron chi connectivity index (χ3n) is 2.76. The lowest BCUT2D eigenvalue weighted by Crippen LogP contribution is -2.42. The lowest BCUT2D eigenvalue weighted by Gasteiger charge is -2.14. The highest BCUT2D eigenvalue weighted by Crippen LogP contribution is 2.12. The molecule has 3 N–H and O–H groups in total. The van der Waals surface area contributed by atoms with Crippen molar-refractivity contribution in [3.63, 3.8) is 0 Å². The minimum Gasteiger partial charge on any atom is -0.508 e. The third kappa shape index (κ3) is 3.58. The maximum atomic E-state index is 11.9. The van der Waals surface area contributed by atoms with E-state index >= 15 is 0 Å². The summed E-state index contributed by atoms with van der Waals surface area (Å²) < 4.78 is 0. The molecule has 2 aromatic rings. The molecule has 0 aliphatic heterocycles. The Hall–Kier alpha value is -2.34. The lowest BCUT2D eigenvalue weighted by molar-refractivity contribution is -0.139. The zero-order valence-corrected chi connectivity index (χ0v) is 11.3. The largest absolute Gasteiger partial charge is 0.508 e. The van der Waals surface area contributed by atoms with Crippen molar-refractivity contribution in [3.05, 3.63) is 52.2 Å². The number of phenolic OH excluding ortho intramolecular Hbond substituents is 1. The van der Waals surface area contributed by atoms with Gasteiger partial charge in [-0.05, 0) is 29.1 Å². The molecule has 0 aliphatic carbocycles. The van der Waals surface area contributed by atoms with Gasteiger partial charge in [0.1, 0.15) is 11.8 Å². The number of carboxylic acids is 1. The van der Waals surface area contributed by atoms with Gasteiger partial charge >= 0.3 is 5.97 Å². The number of thiophene rings is 1. The first-order valence-corrected chi connectivity index (χ1v) is 6.84. The van der Waals surface area contributed by atoms with Crippen molar-refractivity contribution in [1.82, 2.24) is 5.32 Å². The molecule has 5 nitrogen and oxygen atoms in total. The van der Waals surface area contributed by atoms with E-state index in [1.165, 1.54) is 23.5 Å². The lowest BCUT2D eigenvalue weighted by atomic mass is 10.1. The van der Waals surface area contributed by atoms with E-state index < -0.39 is 17.9 Å². The highest BCUT2D eigenvalue weighted by molar-refractivity contribution is 7.08. The van der Waals surface area contributed by atoms with Gasteiger partial charge in [0.15, 0.2) is 0 Å². The monoisotopic (exact) mass is 291 g/mol. The number of hydrogen-bond acceptors (Lipinski definition) is 4. The van der Waals surface area contributed by atoms with Crippen LogP contribution in [0.2, 0.25) is 0 Å². The fourth-order valence-corrected chi connectivity index (χ4v) is 2.34. The SMILES string of the molecule is O=C(NC(Cc1ccc(O)cc1)C(=O)O)c1ccsc1. The number of nitrogens with one attached hydrogen (secondary N) is 1. The van der Waals surface area contributed by atoms with Gasteiger partial charge in [0.25, 0.3) is 5.91 Å². The van der Waals surface area contributed by atoms with Gasteiger partial charge in [0.05, 0.1) is 5.56 Å². The fraction of sp³-hybridized carbons (Fsp3) is 0.143. The second kappa shape index (κ2) is 6.21. The average molecular weight is 291 g/mol. The number of benzene rings is 1. The van der Waals surface area contributed by atoms with Crippen LogP contribution < -0.4 is 5.32 Å². The van der Waals surface area contributed by atoms with Crippen LogP contribution in [0.5, 0.6) is 5.75 Å². The van der Waals surface area contributed by atoms with Gasteiger partial charge in [0, 0.05) is 11.8 Å². The highest BCUT2D eigenvalue weighted by atomic mass is 32.1. The van der Waals surface area contributed by atoms with E-state index in [1.807, 2.05) is 0 Å².